The third-order valence-corrected chi connectivity index (χ3v) is 3.78. The van der Waals surface area contributed by atoms with Gasteiger partial charge >= 0.3 is 0 Å². The third-order valence-electron chi connectivity index (χ3n) is 3.78. The van der Waals surface area contributed by atoms with Crippen LogP contribution in [-0.2, 0) is 4.74 Å². The van der Waals surface area contributed by atoms with Crippen molar-refractivity contribution in [1.82, 2.24) is 4.90 Å². The molecule has 1 amide bonds. The number of rotatable bonds is 3. The van der Waals surface area contributed by atoms with Crippen LogP contribution in [0.2, 0.25) is 0 Å². The number of carbonyl (C=O) groups is 1. The van der Waals surface area contributed by atoms with Crippen LogP contribution in [0.3, 0.4) is 0 Å². The highest BCUT2D eigenvalue weighted by Gasteiger charge is 2.27. The quantitative estimate of drug-likeness (QED) is 0.855. The van der Waals surface area contributed by atoms with Gasteiger partial charge in [-0.15, -0.1) is 0 Å². The van der Waals surface area contributed by atoms with Crippen molar-refractivity contribution in [3.8, 4) is 11.8 Å². The van der Waals surface area contributed by atoms with Crippen molar-refractivity contribution in [1.29, 1.82) is 0 Å². The first kappa shape index (κ1) is 15.6. The number of likely N-dealkylation sites (tertiary alicyclic amines) is 1. The molecule has 1 atom stereocenters. The Kier molecular flexibility index (Phi) is 5.38. The zero-order chi connectivity index (χ0) is 15.2. The lowest BCUT2D eigenvalue weighted by atomic mass is 10.0. The van der Waals surface area contributed by atoms with Crippen molar-refractivity contribution in [2.24, 2.45) is 11.7 Å². The van der Waals surface area contributed by atoms with Gasteiger partial charge in [0.1, 0.15) is 0 Å². The fraction of sp³-hybridized carbons (Fsp3) is 0.471. The summed E-state index contributed by atoms with van der Waals surface area (Å²) < 4.78 is 5.18. The Balaban J connectivity index is 2.15. The Bertz CT molecular complexity index is 572. The van der Waals surface area contributed by atoms with Gasteiger partial charge in [-0.25, -0.2) is 0 Å². The number of nitrogens with two attached hydrogens (primary N) is 1. The van der Waals surface area contributed by atoms with Crippen molar-refractivity contribution < 1.29 is 9.53 Å². The molecule has 4 nitrogen and oxygen atoms in total. The predicted octanol–water partition coefficient (Wildman–Crippen LogP) is 1.41. The van der Waals surface area contributed by atoms with Crippen LogP contribution in [0.1, 0.15) is 27.9 Å². The van der Waals surface area contributed by atoms with E-state index in [1.54, 1.807) is 7.11 Å². The third kappa shape index (κ3) is 3.84. The molecule has 0 spiro atoms. The van der Waals surface area contributed by atoms with E-state index in [2.05, 4.69) is 11.8 Å². The molecule has 1 fully saturated rings. The summed E-state index contributed by atoms with van der Waals surface area (Å²) in [6.45, 7) is 4.55. The van der Waals surface area contributed by atoms with Gasteiger partial charge in [-0.2, -0.15) is 0 Å². The van der Waals surface area contributed by atoms with Gasteiger partial charge in [0, 0.05) is 37.2 Å². The van der Waals surface area contributed by atoms with Crippen LogP contribution < -0.4 is 5.73 Å². The summed E-state index contributed by atoms with van der Waals surface area (Å²) in [7, 11) is 1.70. The van der Waals surface area contributed by atoms with Gasteiger partial charge in [0.2, 0.25) is 0 Å². The second-order valence-corrected chi connectivity index (χ2v) is 5.40. The molecule has 21 heavy (non-hydrogen) atoms. The average molecular weight is 286 g/mol. The summed E-state index contributed by atoms with van der Waals surface area (Å²) in [6, 6.07) is 5.73. The van der Waals surface area contributed by atoms with Crippen LogP contribution >= 0.6 is 0 Å². The van der Waals surface area contributed by atoms with Crippen molar-refractivity contribution in [3.05, 3.63) is 34.9 Å². The number of carbonyl (C=O) groups excluding carboxylic acids is 1. The van der Waals surface area contributed by atoms with Gasteiger partial charge in [0.15, 0.2) is 0 Å². The van der Waals surface area contributed by atoms with E-state index in [0.29, 0.717) is 19.1 Å². The zero-order valence-electron chi connectivity index (χ0n) is 12.7. The number of aryl methyl sites for hydroxylation is 1. The lowest BCUT2D eigenvalue weighted by molar-refractivity contribution is 0.0775. The van der Waals surface area contributed by atoms with Gasteiger partial charge in [0.05, 0.1) is 13.2 Å². The fourth-order valence-corrected chi connectivity index (χ4v) is 2.64. The Hall–Kier alpha value is -1.83. The highest BCUT2D eigenvalue weighted by atomic mass is 16.5. The lowest BCUT2D eigenvalue weighted by Crippen LogP contribution is -2.29. The standard InChI is InChI=1S/C17H22N2O2/c1-13-5-6-14(4-3-8-18)10-16(13)17(20)19-9-7-15(11-19)12-21-2/h5-6,10,15H,7-9,11-12,18H2,1-2H3. The van der Waals surface area contributed by atoms with Crippen LogP contribution in [0.5, 0.6) is 0 Å². The zero-order valence-corrected chi connectivity index (χ0v) is 12.7. The second kappa shape index (κ2) is 7.26. The Morgan fingerprint density at radius 2 is 2.33 bits per heavy atom. The van der Waals surface area contributed by atoms with Gasteiger partial charge < -0.3 is 15.4 Å². The maximum absolute atomic E-state index is 12.7. The summed E-state index contributed by atoms with van der Waals surface area (Å²) >= 11 is 0. The molecule has 1 aromatic carbocycles. The maximum atomic E-state index is 12.7. The van der Waals surface area contributed by atoms with E-state index in [1.165, 1.54) is 0 Å². The number of hydrogen-bond donors (Lipinski definition) is 1. The maximum Gasteiger partial charge on any atom is 0.254 e. The Morgan fingerprint density at radius 1 is 1.52 bits per heavy atom. The molecule has 1 aliphatic rings. The number of ether oxygens (including phenoxy) is 1. The van der Waals surface area contributed by atoms with E-state index in [1.807, 2.05) is 30.0 Å². The van der Waals surface area contributed by atoms with E-state index < -0.39 is 0 Å². The minimum atomic E-state index is 0.0856. The monoisotopic (exact) mass is 286 g/mol. The van der Waals surface area contributed by atoms with Crippen LogP contribution in [-0.4, -0.2) is 44.2 Å². The summed E-state index contributed by atoms with van der Waals surface area (Å²) in [5.41, 5.74) is 7.94. The van der Waals surface area contributed by atoms with Crippen LogP contribution in [0.4, 0.5) is 0 Å². The highest BCUT2D eigenvalue weighted by molar-refractivity contribution is 5.96. The minimum absolute atomic E-state index is 0.0856. The van der Waals surface area contributed by atoms with Gasteiger partial charge in [-0.05, 0) is 31.0 Å². The van der Waals surface area contributed by atoms with E-state index in [4.69, 9.17) is 10.5 Å². The van der Waals surface area contributed by atoms with E-state index in [-0.39, 0.29) is 5.91 Å². The van der Waals surface area contributed by atoms with Gasteiger partial charge in [0.25, 0.3) is 5.91 Å². The number of amides is 1. The van der Waals surface area contributed by atoms with Crippen molar-refractivity contribution in [2.75, 3.05) is 33.4 Å². The summed E-state index contributed by atoms with van der Waals surface area (Å²) in [5.74, 6) is 6.33. The molecule has 0 bridgehead atoms. The SMILES string of the molecule is COCC1CCN(C(=O)c2cc(C#CCN)ccc2C)C1. The molecule has 0 radical (unpaired) electrons. The topological polar surface area (TPSA) is 55.6 Å². The summed E-state index contributed by atoms with van der Waals surface area (Å²) in [4.78, 5) is 14.6. The molecule has 1 unspecified atom stereocenters. The molecule has 0 aromatic heterocycles. The smallest absolute Gasteiger partial charge is 0.254 e. The fourth-order valence-electron chi connectivity index (χ4n) is 2.64. The molecule has 2 rings (SSSR count). The first-order valence-corrected chi connectivity index (χ1v) is 7.23. The van der Waals surface area contributed by atoms with Crippen molar-refractivity contribution in [3.63, 3.8) is 0 Å². The lowest BCUT2D eigenvalue weighted by Gasteiger charge is -2.18. The van der Waals surface area contributed by atoms with Crippen LogP contribution in [0, 0.1) is 24.7 Å². The minimum Gasteiger partial charge on any atom is -0.384 e. The number of benzene rings is 1. The molecular weight excluding hydrogens is 264 g/mol. The highest BCUT2D eigenvalue weighted by Crippen LogP contribution is 2.21. The molecular formula is C17H22N2O2. The van der Waals surface area contributed by atoms with Crippen LogP contribution in [0.15, 0.2) is 18.2 Å². The second-order valence-electron chi connectivity index (χ2n) is 5.40. The van der Waals surface area contributed by atoms with E-state index in [9.17, 15) is 4.79 Å². The van der Waals surface area contributed by atoms with Crippen molar-refractivity contribution >= 4 is 5.91 Å². The number of nitrogens with zero attached hydrogens (tertiary/aromatic N) is 1. The molecule has 1 heterocycles. The first-order chi connectivity index (χ1) is 10.2. The molecule has 0 saturated carbocycles. The number of hydrogen-bond acceptors (Lipinski definition) is 3. The molecule has 112 valence electrons. The van der Waals surface area contributed by atoms with Crippen LogP contribution in [0.25, 0.3) is 0 Å². The molecule has 4 heteroatoms. The normalized spacial score (nSPS) is 17.5. The first-order valence-electron chi connectivity index (χ1n) is 7.23. The molecule has 1 aliphatic heterocycles. The Labute approximate surface area is 126 Å². The predicted molar refractivity (Wildman–Crippen MR) is 83.0 cm³/mol. The van der Waals surface area contributed by atoms with Gasteiger partial charge in [-0.3, -0.25) is 4.79 Å². The van der Waals surface area contributed by atoms with E-state index in [0.717, 1.165) is 36.2 Å². The molecule has 2 N–H and O–H groups in total. The molecule has 1 aromatic rings. The largest absolute Gasteiger partial charge is 0.384 e. The van der Waals surface area contributed by atoms with Crippen molar-refractivity contribution in [2.45, 2.75) is 13.3 Å². The van der Waals surface area contributed by atoms with Gasteiger partial charge in [-0.1, -0.05) is 17.9 Å². The van der Waals surface area contributed by atoms with E-state index >= 15 is 0 Å². The average Bonchev–Trinajstić information content (AvgIpc) is 2.95. The summed E-state index contributed by atoms with van der Waals surface area (Å²) in [6.07, 6.45) is 1.01. The molecule has 0 aliphatic carbocycles. The Morgan fingerprint density at radius 3 is 3.05 bits per heavy atom. The number of methoxy groups -OCH3 is 1. The molecule has 1 saturated heterocycles. The summed E-state index contributed by atoms with van der Waals surface area (Å²) in [5, 5.41) is 0.